The predicted octanol–water partition coefficient (Wildman–Crippen LogP) is 4.12. The van der Waals surface area contributed by atoms with Gasteiger partial charge in [-0.05, 0) is 18.4 Å². The highest BCUT2D eigenvalue weighted by Gasteiger charge is 2.52. The molecule has 1 saturated carbocycles. The first-order chi connectivity index (χ1) is 11.8. The van der Waals surface area contributed by atoms with Gasteiger partial charge in [-0.25, -0.2) is 0 Å². The Labute approximate surface area is 140 Å². The summed E-state index contributed by atoms with van der Waals surface area (Å²) in [6.45, 7) is 0.129. The second-order valence-electron chi connectivity index (χ2n) is 6.07. The van der Waals surface area contributed by atoms with Crippen molar-refractivity contribution in [3.05, 3.63) is 78.0 Å². The molecular weight excluding hydrogens is 302 g/mol. The maximum absolute atomic E-state index is 12.5. The van der Waals surface area contributed by atoms with Crippen molar-refractivity contribution < 1.29 is 14.1 Å². The molecule has 120 valence electrons. The van der Waals surface area contributed by atoms with Gasteiger partial charge in [0.1, 0.15) is 12.3 Å². The van der Waals surface area contributed by atoms with Crippen LogP contribution in [0.4, 0.5) is 0 Å². The SMILES string of the molecule is O=C(OCc1cc(-c2ccccc2)on1)C1(c2ccccc2)CC1. The Morgan fingerprint density at radius 3 is 2.38 bits per heavy atom. The lowest BCUT2D eigenvalue weighted by Crippen LogP contribution is -2.23. The van der Waals surface area contributed by atoms with Crippen molar-refractivity contribution in [2.75, 3.05) is 0 Å². The molecule has 0 aliphatic heterocycles. The van der Waals surface area contributed by atoms with Crippen molar-refractivity contribution in [3.8, 4) is 11.3 Å². The van der Waals surface area contributed by atoms with Crippen LogP contribution in [0.1, 0.15) is 24.1 Å². The molecule has 1 fully saturated rings. The van der Waals surface area contributed by atoms with Gasteiger partial charge in [0.05, 0.1) is 5.41 Å². The summed E-state index contributed by atoms with van der Waals surface area (Å²) in [5.74, 6) is 0.490. The Balaban J connectivity index is 1.43. The molecule has 0 N–H and O–H groups in total. The van der Waals surface area contributed by atoms with Crippen molar-refractivity contribution in [1.82, 2.24) is 5.16 Å². The zero-order valence-electron chi connectivity index (χ0n) is 13.1. The van der Waals surface area contributed by atoms with Crippen molar-refractivity contribution in [1.29, 1.82) is 0 Å². The summed E-state index contributed by atoms with van der Waals surface area (Å²) in [6.07, 6.45) is 1.67. The average Bonchev–Trinajstić information content (AvgIpc) is 3.33. The second kappa shape index (κ2) is 5.96. The standard InChI is InChI=1S/C20H17NO3/c22-19(20(11-12-20)16-9-5-2-6-10-16)23-14-17-13-18(24-21-17)15-7-3-1-4-8-15/h1-10,13H,11-12,14H2. The maximum atomic E-state index is 12.5. The largest absolute Gasteiger partial charge is 0.458 e. The van der Waals surface area contributed by atoms with Crippen LogP contribution in [0.2, 0.25) is 0 Å². The lowest BCUT2D eigenvalue weighted by Gasteiger charge is -2.14. The number of esters is 1. The van der Waals surface area contributed by atoms with Gasteiger partial charge in [0.2, 0.25) is 0 Å². The van der Waals surface area contributed by atoms with Gasteiger partial charge >= 0.3 is 5.97 Å². The van der Waals surface area contributed by atoms with E-state index in [0.717, 1.165) is 24.0 Å². The van der Waals surface area contributed by atoms with Gasteiger partial charge in [-0.2, -0.15) is 0 Å². The van der Waals surface area contributed by atoms with Gasteiger partial charge in [-0.1, -0.05) is 65.8 Å². The maximum Gasteiger partial charge on any atom is 0.316 e. The second-order valence-corrected chi connectivity index (χ2v) is 6.07. The average molecular weight is 319 g/mol. The molecule has 0 saturated heterocycles. The minimum atomic E-state index is -0.465. The van der Waals surface area contributed by atoms with Gasteiger partial charge in [0.25, 0.3) is 0 Å². The van der Waals surface area contributed by atoms with Crippen LogP contribution < -0.4 is 0 Å². The zero-order valence-corrected chi connectivity index (χ0v) is 13.1. The molecule has 1 aliphatic carbocycles. The third-order valence-corrected chi connectivity index (χ3v) is 4.44. The number of nitrogens with zero attached hydrogens (tertiary/aromatic N) is 1. The van der Waals surface area contributed by atoms with E-state index in [4.69, 9.17) is 9.26 Å². The molecule has 0 unspecified atom stereocenters. The highest BCUT2D eigenvalue weighted by atomic mass is 16.5. The van der Waals surface area contributed by atoms with Crippen LogP contribution in [-0.2, 0) is 21.6 Å². The summed E-state index contributed by atoms with van der Waals surface area (Å²) < 4.78 is 10.8. The molecule has 24 heavy (non-hydrogen) atoms. The van der Waals surface area contributed by atoms with Crippen LogP contribution in [0, 0.1) is 0 Å². The summed E-state index contributed by atoms with van der Waals surface area (Å²) in [5.41, 5.74) is 2.13. The molecule has 4 heteroatoms. The Morgan fingerprint density at radius 1 is 1.04 bits per heavy atom. The summed E-state index contributed by atoms with van der Waals surface area (Å²) in [6, 6.07) is 21.4. The van der Waals surface area contributed by atoms with E-state index in [9.17, 15) is 4.79 Å². The molecule has 1 aliphatic rings. The third kappa shape index (κ3) is 2.71. The Hall–Kier alpha value is -2.88. The number of benzene rings is 2. The summed E-state index contributed by atoms with van der Waals surface area (Å²) >= 11 is 0. The summed E-state index contributed by atoms with van der Waals surface area (Å²) in [5, 5.41) is 3.99. The fourth-order valence-corrected chi connectivity index (χ4v) is 2.89. The molecule has 0 radical (unpaired) electrons. The van der Waals surface area contributed by atoms with E-state index < -0.39 is 5.41 Å². The minimum Gasteiger partial charge on any atom is -0.458 e. The number of aromatic nitrogens is 1. The monoisotopic (exact) mass is 319 g/mol. The van der Waals surface area contributed by atoms with E-state index in [2.05, 4.69) is 5.16 Å². The van der Waals surface area contributed by atoms with Gasteiger partial charge < -0.3 is 9.26 Å². The van der Waals surface area contributed by atoms with E-state index in [1.165, 1.54) is 0 Å². The first kappa shape index (κ1) is 14.7. The highest BCUT2D eigenvalue weighted by molar-refractivity contribution is 5.86. The van der Waals surface area contributed by atoms with Gasteiger partial charge in [-0.15, -0.1) is 0 Å². The number of carbonyl (C=O) groups is 1. The molecule has 0 spiro atoms. The zero-order chi connectivity index (χ0) is 16.4. The van der Waals surface area contributed by atoms with Gasteiger partial charge in [0.15, 0.2) is 5.76 Å². The Bertz CT molecular complexity index is 836. The molecule has 0 bridgehead atoms. The summed E-state index contributed by atoms with van der Waals surface area (Å²) in [7, 11) is 0. The van der Waals surface area contributed by atoms with Gasteiger partial charge in [-0.3, -0.25) is 4.79 Å². The lowest BCUT2D eigenvalue weighted by molar-refractivity contribution is -0.148. The molecule has 0 atom stereocenters. The number of hydrogen-bond acceptors (Lipinski definition) is 4. The first-order valence-corrected chi connectivity index (χ1v) is 8.02. The van der Waals surface area contributed by atoms with Gasteiger partial charge in [0, 0.05) is 11.6 Å². The fourth-order valence-electron chi connectivity index (χ4n) is 2.89. The molecule has 3 aromatic rings. The van der Waals surface area contributed by atoms with Crippen LogP contribution in [0.25, 0.3) is 11.3 Å². The first-order valence-electron chi connectivity index (χ1n) is 8.02. The Morgan fingerprint density at radius 2 is 1.71 bits per heavy atom. The van der Waals surface area contributed by atoms with E-state index in [1.54, 1.807) is 0 Å². The van der Waals surface area contributed by atoms with Crippen molar-refractivity contribution in [2.45, 2.75) is 24.9 Å². The molecule has 1 aromatic heterocycles. The molecular formula is C20H17NO3. The lowest BCUT2D eigenvalue weighted by atomic mass is 9.96. The van der Waals surface area contributed by atoms with Crippen molar-refractivity contribution >= 4 is 5.97 Å². The molecule has 4 nitrogen and oxygen atoms in total. The highest BCUT2D eigenvalue weighted by Crippen LogP contribution is 2.49. The smallest absolute Gasteiger partial charge is 0.316 e. The quantitative estimate of drug-likeness (QED) is 0.664. The van der Waals surface area contributed by atoms with Crippen LogP contribution in [-0.4, -0.2) is 11.1 Å². The van der Waals surface area contributed by atoms with E-state index in [-0.39, 0.29) is 12.6 Å². The topological polar surface area (TPSA) is 52.3 Å². The molecule has 4 rings (SSSR count). The molecule has 0 amide bonds. The van der Waals surface area contributed by atoms with E-state index in [0.29, 0.717) is 11.5 Å². The molecule has 2 aromatic carbocycles. The van der Waals surface area contributed by atoms with Crippen LogP contribution >= 0.6 is 0 Å². The van der Waals surface area contributed by atoms with Crippen LogP contribution in [0.15, 0.2) is 71.3 Å². The number of carbonyl (C=O) groups excluding carboxylic acids is 1. The number of hydrogen-bond donors (Lipinski definition) is 0. The minimum absolute atomic E-state index is 0.129. The number of ether oxygens (including phenoxy) is 1. The van der Waals surface area contributed by atoms with Crippen LogP contribution in [0.3, 0.4) is 0 Å². The fraction of sp³-hybridized carbons (Fsp3) is 0.200. The van der Waals surface area contributed by atoms with E-state index in [1.807, 2.05) is 66.7 Å². The van der Waals surface area contributed by atoms with Crippen molar-refractivity contribution in [3.63, 3.8) is 0 Å². The normalized spacial score (nSPS) is 15.0. The predicted molar refractivity (Wildman–Crippen MR) is 89.1 cm³/mol. The molecule has 1 heterocycles. The summed E-state index contributed by atoms with van der Waals surface area (Å²) in [4.78, 5) is 12.5. The van der Waals surface area contributed by atoms with Crippen LogP contribution in [0.5, 0.6) is 0 Å². The Kier molecular flexibility index (Phi) is 3.65. The third-order valence-electron chi connectivity index (χ3n) is 4.44. The van der Waals surface area contributed by atoms with E-state index >= 15 is 0 Å². The van der Waals surface area contributed by atoms with Crippen molar-refractivity contribution in [2.24, 2.45) is 0 Å². The number of rotatable bonds is 5.